The molecular weight excluding hydrogens is 415 g/mol. The lowest BCUT2D eigenvalue weighted by Gasteiger charge is -2.17. The topological polar surface area (TPSA) is 94.0 Å². The summed E-state index contributed by atoms with van der Waals surface area (Å²) in [6.07, 6.45) is 4.24. The lowest BCUT2D eigenvalue weighted by atomic mass is 9.99. The Labute approximate surface area is 159 Å². The van der Waals surface area contributed by atoms with Gasteiger partial charge in [-0.1, -0.05) is 18.0 Å². The Bertz CT molecular complexity index is 749. The summed E-state index contributed by atoms with van der Waals surface area (Å²) in [6.45, 7) is 0.307. The second-order valence-corrected chi connectivity index (χ2v) is 6.86. The maximum atomic E-state index is 13.2. The molecule has 3 rings (SSSR count). The van der Waals surface area contributed by atoms with Gasteiger partial charge in [0.2, 0.25) is 5.89 Å². The van der Waals surface area contributed by atoms with E-state index in [1.54, 1.807) is 0 Å². The van der Waals surface area contributed by atoms with Crippen LogP contribution < -0.4 is 11.1 Å². The van der Waals surface area contributed by atoms with Gasteiger partial charge in [-0.05, 0) is 47.0 Å². The van der Waals surface area contributed by atoms with E-state index in [1.165, 1.54) is 18.2 Å². The molecule has 2 aromatic rings. The van der Waals surface area contributed by atoms with E-state index in [4.69, 9.17) is 10.3 Å². The van der Waals surface area contributed by atoms with Crippen LogP contribution >= 0.6 is 28.3 Å². The molecule has 0 unspecified atom stereocenters. The minimum Gasteiger partial charge on any atom is -0.351 e. The number of rotatable bonds is 5. The van der Waals surface area contributed by atoms with Gasteiger partial charge in [-0.15, -0.1) is 12.4 Å². The number of halogens is 3. The first-order chi connectivity index (χ1) is 11.5. The van der Waals surface area contributed by atoms with E-state index in [2.05, 4.69) is 31.4 Å². The molecule has 1 aliphatic carbocycles. The lowest BCUT2D eigenvalue weighted by molar-refractivity contribution is 0.0952. The van der Waals surface area contributed by atoms with Gasteiger partial charge in [-0.25, -0.2) is 4.39 Å². The standard InChI is InChI=1S/C16H18BrFN4O2.ClH/c17-12-4-3-10(18)9-11(12)14(23)20-8-5-13-21-15(22-24-13)16(19)6-1-2-7-16;/h3-4,9H,1-2,5-8,19H2,(H,20,23);1H. The van der Waals surface area contributed by atoms with E-state index in [1.807, 2.05) is 0 Å². The van der Waals surface area contributed by atoms with Crippen LogP contribution in [0.2, 0.25) is 0 Å². The monoisotopic (exact) mass is 432 g/mol. The zero-order valence-corrected chi connectivity index (χ0v) is 15.8. The van der Waals surface area contributed by atoms with E-state index in [0.29, 0.717) is 29.2 Å². The average molecular weight is 434 g/mol. The SMILES string of the molecule is Cl.NC1(c2noc(CCNC(=O)c3cc(F)ccc3Br)n2)CCCC1. The molecule has 1 fully saturated rings. The Morgan fingerprint density at radius 1 is 1.40 bits per heavy atom. The van der Waals surface area contributed by atoms with Crippen LogP contribution in [0.25, 0.3) is 0 Å². The smallest absolute Gasteiger partial charge is 0.252 e. The Balaban J connectivity index is 0.00000225. The van der Waals surface area contributed by atoms with Crippen LogP contribution in [0.15, 0.2) is 27.2 Å². The van der Waals surface area contributed by atoms with Crippen LogP contribution in [0.3, 0.4) is 0 Å². The van der Waals surface area contributed by atoms with Crippen molar-refractivity contribution in [2.24, 2.45) is 5.73 Å². The fourth-order valence-corrected chi connectivity index (χ4v) is 3.26. The number of nitrogens with two attached hydrogens (primary N) is 1. The van der Waals surface area contributed by atoms with Crippen molar-refractivity contribution in [1.82, 2.24) is 15.5 Å². The van der Waals surface area contributed by atoms with Crippen LogP contribution in [-0.4, -0.2) is 22.6 Å². The summed E-state index contributed by atoms with van der Waals surface area (Å²) in [5.74, 6) is 0.136. The summed E-state index contributed by atoms with van der Waals surface area (Å²) in [4.78, 5) is 16.4. The normalized spacial score (nSPS) is 15.6. The minimum absolute atomic E-state index is 0. The zero-order valence-electron chi connectivity index (χ0n) is 13.4. The first-order valence-corrected chi connectivity index (χ1v) is 8.62. The molecule has 0 saturated heterocycles. The molecule has 1 aliphatic rings. The molecule has 136 valence electrons. The van der Waals surface area contributed by atoms with Crippen molar-refractivity contribution in [3.8, 4) is 0 Å². The number of carbonyl (C=O) groups is 1. The predicted molar refractivity (Wildman–Crippen MR) is 96.0 cm³/mol. The molecule has 1 heterocycles. The van der Waals surface area contributed by atoms with Crippen LogP contribution in [0.1, 0.15) is 47.8 Å². The quantitative estimate of drug-likeness (QED) is 0.756. The Hall–Kier alpha value is -1.51. The zero-order chi connectivity index (χ0) is 17.2. The summed E-state index contributed by atoms with van der Waals surface area (Å²) in [5, 5.41) is 6.68. The van der Waals surface area contributed by atoms with Crippen molar-refractivity contribution in [3.63, 3.8) is 0 Å². The second-order valence-electron chi connectivity index (χ2n) is 6.01. The molecule has 9 heteroatoms. The van der Waals surface area contributed by atoms with Gasteiger partial charge in [0.1, 0.15) is 5.82 Å². The van der Waals surface area contributed by atoms with E-state index >= 15 is 0 Å². The maximum absolute atomic E-state index is 13.2. The third kappa shape index (κ3) is 4.56. The Kier molecular flexibility index (Phi) is 6.53. The fourth-order valence-electron chi connectivity index (χ4n) is 2.84. The molecule has 0 spiro atoms. The highest BCUT2D eigenvalue weighted by atomic mass is 79.9. The summed E-state index contributed by atoms with van der Waals surface area (Å²) >= 11 is 3.23. The van der Waals surface area contributed by atoms with Gasteiger partial charge in [0.25, 0.3) is 5.91 Å². The first-order valence-electron chi connectivity index (χ1n) is 7.83. The van der Waals surface area contributed by atoms with E-state index in [0.717, 1.165) is 25.7 Å². The average Bonchev–Trinajstić information content (AvgIpc) is 3.20. The van der Waals surface area contributed by atoms with Gasteiger partial charge in [0.05, 0.1) is 11.1 Å². The van der Waals surface area contributed by atoms with Gasteiger partial charge in [0.15, 0.2) is 5.82 Å². The van der Waals surface area contributed by atoms with Crippen LogP contribution in [-0.2, 0) is 12.0 Å². The van der Waals surface area contributed by atoms with Crippen LogP contribution in [0.4, 0.5) is 4.39 Å². The van der Waals surface area contributed by atoms with Gasteiger partial charge < -0.3 is 15.6 Å². The molecular formula is C16H19BrClFN4O2. The Morgan fingerprint density at radius 2 is 2.12 bits per heavy atom. The van der Waals surface area contributed by atoms with Gasteiger partial charge in [-0.3, -0.25) is 4.79 Å². The summed E-state index contributed by atoms with van der Waals surface area (Å²) in [7, 11) is 0. The molecule has 0 radical (unpaired) electrons. The van der Waals surface area contributed by atoms with Gasteiger partial charge in [0, 0.05) is 17.4 Å². The highest BCUT2D eigenvalue weighted by Gasteiger charge is 2.35. The molecule has 6 nitrogen and oxygen atoms in total. The van der Waals surface area contributed by atoms with Crippen molar-refractivity contribution < 1.29 is 13.7 Å². The number of nitrogens with zero attached hydrogens (tertiary/aromatic N) is 2. The van der Waals surface area contributed by atoms with Gasteiger partial charge >= 0.3 is 0 Å². The summed E-state index contributed by atoms with van der Waals surface area (Å²) < 4.78 is 19.0. The minimum atomic E-state index is -0.489. The lowest BCUT2D eigenvalue weighted by Crippen LogP contribution is -2.34. The van der Waals surface area contributed by atoms with Crippen molar-refractivity contribution in [3.05, 3.63) is 45.8 Å². The number of amides is 1. The van der Waals surface area contributed by atoms with E-state index in [-0.39, 0.29) is 23.9 Å². The Morgan fingerprint density at radius 3 is 2.84 bits per heavy atom. The molecule has 3 N–H and O–H groups in total. The molecule has 25 heavy (non-hydrogen) atoms. The largest absolute Gasteiger partial charge is 0.351 e. The summed E-state index contributed by atoms with van der Waals surface area (Å²) in [5.41, 5.74) is 6.04. The maximum Gasteiger partial charge on any atom is 0.252 e. The van der Waals surface area contributed by atoms with Crippen LogP contribution in [0.5, 0.6) is 0 Å². The third-order valence-corrected chi connectivity index (χ3v) is 4.90. The van der Waals surface area contributed by atoms with Crippen molar-refractivity contribution in [2.75, 3.05) is 6.54 Å². The summed E-state index contributed by atoms with van der Waals surface area (Å²) in [6, 6.07) is 3.96. The number of hydrogen-bond acceptors (Lipinski definition) is 5. The molecule has 0 atom stereocenters. The highest BCUT2D eigenvalue weighted by molar-refractivity contribution is 9.10. The number of hydrogen-bond donors (Lipinski definition) is 2. The predicted octanol–water partition coefficient (Wildman–Crippen LogP) is 3.09. The second kappa shape index (κ2) is 8.25. The fraction of sp³-hybridized carbons (Fsp3) is 0.438. The molecule has 1 saturated carbocycles. The van der Waals surface area contributed by atoms with Crippen molar-refractivity contribution in [1.29, 1.82) is 0 Å². The third-order valence-electron chi connectivity index (χ3n) is 4.21. The van der Waals surface area contributed by atoms with E-state index < -0.39 is 11.4 Å². The molecule has 0 aliphatic heterocycles. The number of benzene rings is 1. The number of aromatic nitrogens is 2. The molecule has 1 aromatic heterocycles. The van der Waals surface area contributed by atoms with E-state index in [9.17, 15) is 9.18 Å². The molecule has 1 aromatic carbocycles. The first kappa shape index (κ1) is 19.8. The molecule has 0 bridgehead atoms. The van der Waals surface area contributed by atoms with Crippen molar-refractivity contribution >= 4 is 34.2 Å². The number of carbonyl (C=O) groups excluding carboxylic acids is 1. The van der Waals surface area contributed by atoms with Gasteiger partial charge in [-0.2, -0.15) is 4.98 Å². The van der Waals surface area contributed by atoms with Crippen molar-refractivity contribution in [2.45, 2.75) is 37.6 Å². The van der Waals surface area contributed by atoms with Crippen LogP contribution in [0, 0.1) is 5.82 Å². The highest BCUT2D eigenvalue weighted by Crippen LogP contribution is 2.34. The molecule has 1 amide bonds. The number of nitrogens with one attached hydrogen (secondary N) is 1.